The average molecular weight is 428 g/mol. The monoisotopic (exact) mass is 427 g/mol. The van der Waals surface area contributed by atoms with Gasteiger partial charge < -0.3 is 25.4 Å². The van der Waals surface area contributed by atoms with Gasteiger partial charge in [-0.15, -0.1) is 0 Å². The molecule has 8 nitrogen and oxygen atoms in total. The van der Waals surface area contributed by atoms with Crippen molar-refractivity contribution in [3.63, 3.8) is 0 Å². The van der Waals surface area contributed by atoms with Crippen LogP contribution in [0, 0.1) is 0 Å². The highest BCUT2D eigenvalue weighted by Crippen LogP contribution is 2.07. The van der Waals surface area contributed by atoms with E-state index in [1.54, 1.807) is 0 Å². The van der Waals surface area contributed by atoms with Gasteiger partial charge in [0.2, 0.25) is 0 Å². The SMILES string of the molecule is CNC(=O)N[C@@H](CCCCNC(=O)OCc1ccccc1)C(=O)OCc1ccccc1. The van der Waals surface area contributed by atoms with Gasteiger partial charge in [-0.05, 0) is 30.4 Å². The Morgan fingerprint density at radius 1 is 0.839 bits per heavy atom. The number of rotatable bonds is 11. The number of amides is 3. The number of carbonyl (C=O) groups excluding carboxylic acids is 3. The van der Waals surface area contributed by atoms with Crippen molar-refractivity contribution >= 4 is 18.1 Å². The minimum atomic E-state index is -0.770. The second-order valence-electron chi connectivity index (χ2n) is 6.85. The van der Waals surface area contributed by atoms with Crippen LogP contribution in [0.25, 0.3) is 0 Å². The van der Waals surface area contributed by atoms with E-state index in [0.717, 1.165) is 11.1 Å². The van der Waals surface area contributed by atoms with Crippen LogP contribution in [-0.4, -0.2) is 37.7 Å². The first-order valence-corrected chi connectivity index (χ1v) is 10.2. The van der Waals surface area contributed by atoms with Gasteiger partial charge in [-0.25, -0.2) is 14.4 Å². The highest BCUT2D eigenvalue weighted by molar-refractivity contribution is 5.83. The molecule has 1 atom stereocenters. The number of urea groups is 1. The Balaban J connectivity index is 1.68. The van der Waals surface area contributed by atoms with Crippen LogP contribution in [0.1, 0.15) is 30.4 Å². The molecule has 3 amide bonds. The lowest BCUT2D eigenvalue weighted by Crippen LogP contribution is -2.45. The number of benzene rings is 2. The number of hydrogen-bond donors (Lipinski definition) is 3. The van der Waals surface area contributed by atoms with E-state index in [9.17, 15) is 14.4 Å². The summed E-state index contributed by atoms with van der Waals surface area (Å²) in [6, 6.07) is 17.5. The number of carbonyl (C=O) groups is 3. The average Bonchev–Trinajstić information content (AvgIpc) is 2.81. The molecule has 2 aromatic carbocycles. The fourth-order valence-corrected chi connectivity index (χ4v) is 2.75. The quantitative estimate of drug-likeness (QED) is 0.377. The Bertz CT molecular complexity index is 814. The van der Waals surface area contributed by atoms with Gasteiger partial charge in [0, 0.05) is 13.6 Å². The molecule has 2 rings (SSSR count). The fourth-order valence-electron chi connectivity index (χ4n) is 2.75. The summed E-state index contributed by atoms with van der Waals surface area (Å²) in [5.74, 6) is -0.498. The van der Waals surface area contributed by atoms with Gasteiger partial charge >= 0.3 is 18.1 Å². The van der Waals surface area contributed by atoms with E-state index in [1.165, 1.54) is 7.05 Å². The molecule has 2 aromatic rings. The van der Waals surface area contributed by atoms with Gasteiger partial charge in [-0.2, -0.15) is 0 Å². The Kier molecular flexibility index (Phi) is 10.4. The Labute approximate surface area is 182 Å². The number of unbranched alkanes of at least 4 members (excludes halogenated alkanes) is 1. The molecular formula is C23H29N3O5. The summed E-state index contributed by atoms with van der Waals surface area (Å²) in [6.45, 7) is 0.748. The molecule has 0 aliphatic heterocycles. The maximum atomic E-state index is 12.4. The lowest BCUT2D eigenvalue weighted by atomic mass is 10.1. The van der Waals surface area contributed by atoms with Crippen molar-refractivity contribution in [1.29, 1.82) is 0 Å². The van der Waals surface area contributed by atoms with Gasteiger partial charge in [0.1, 0.15) is 19.3 Å². The molecule has 0 saturated heterocycles. The van der Waals surface area contributed by atoms with Crippen molar-refractivity contribution in [2.45, 2.75) is 38.5 Å². The number of alkyl carbamates (subject to hydrolysis) is 1. The first kappa shape index (κ1) is 23.7. The molecule has 0 aromatic heterocycles. The molecule has 0 spiro atoms. The minimum Gasteiger partial charge on any atom is -0.459 e. The van der Waals surface area contributed by atoms with E-state index in [0.29, 0.717) is 25.8 Å². The third-order valence-corrected chi connectivity index (χ3v) is 4.44. The van der Waals surface area contributed by atoms with Crippen LogP contribution in [-0.2, 0) is 27.5 Å². The summed E-state index contributed by atoms with van der Waals surface area (Å²) < 4.78 is 10.5. The summed E-state index contributed by atoms with van der Waals surface area (Å²) in [4.78, 5) is 35.8. The predicted octanol–water partition coefficient (Wildman–Crippen LogP) is 3.12. The lowest BCUT2D eigenvalue weighted by Gasteiger charge is -2.17. The van der Waals surface area contributed by atoms with Crippen LogP contribution in [0.2, 0.25) is 0 Å². The highest BCUT2D eigenvalue weighted by Gasteiger charge is 2.21. The molecular weight excluding hydrogens is 398 g/mol. The molecule has 0 fully saturated rings. The van der Waals surface area contributed by atoms with E-state index >= 15 is 0 Å². The third kappa shape index (κ3) is 9.66. The van der Waals surface area contributed by atoms with E-state index < -0.39 is 24.1 Å². The van der Waals surface area contributed by atoms with Crippen molar-refractivity contribution < 1.29 is 23.9 Å². The normalized spacial score (nSPS) is 11.1. The zero-order valence-electron chi connectivity index (χ0n) is 17.6. The number of hydrogen-bond acceptors (Lipinski definition) is 5. The number of ether oxygens (including phenoxy) is 2. The maximum absolute atomic E-state index is 12.4. The second-order valence-corrected chi connectivity index (χ2v) is 6.85. The predicted molar refractivity (Wildman–Crippen MR) is 116 cm³/mol. The molecule has 0 bridgehead atoms. The summed E-state index contributed by atoms with van der Waals surface area (Å²) in [7, 11) is 1.48. The molecule has 0 unspecified atom stereocenters. The molecule has 0 radical (unpaired) electrons. The van der Waals surface area contributed by atoms with Crippen molar-refractivity contribution in [1.82, 2.24) is 16.0 Å². The Morgan fingerprint density at radius 2 is 1.42 bits per heavy atom. The first-order chi connectivity index (χ1) is 15.1. The molecule has 0 heterocycles. The summed E-state index contributed by atoms with van der Waals surface area (Å²) >= 11 is 0. The first-order valence-electron chi connectivity index (χ1n) is 10.2. The highest BCUT2D eigenvalue weighted by atomic mass is 16.5. The van der Waals surface area contributed by atoms with Crippen LogP contribution >= 0.6 is 0 Å². The third-order valence-electron chi connectivity index (χ3n) is 4.44. The second kappa shape index (κ2) is 13.6. The molecule has 0 aliphatic carbocycles. The van der Waals surface area contributed by atoms with E-state index in [2.05, 4.69) is 16.0 Å². The van der Waals surface area contributed by atoms with Crippen LogP contribution in [0.3, 0.4) is 0 Å². The van der Waals surface area contributed by atoms with Crippen molar-refractivity contribution in [3.8, 4) is 0 Å². The zero-order valence-corrected chi connectivity index (χ0v) is 17.6. The standard InChI is InChI=1S/C23H29N3O5/c1-24-22(28)26-20(21(27)30-16-18-10-4-2-5-11-18)14-8-9-15-25-23(29)31-17-19-12-6-3-7-13-19/h2-7,10-13,20H,8-9,14-17H2,1H3,(H,25,29)(H2,24,26,28)/t20-/m0/s1. The van der Waals surface area contributed by atoms with Gasteiger partial charge in [0.15, 0.2) is 0 Å². The summed E-state index contributed by atoms with van der Waals surface area (Å²) in [5.41, 5.74) is 1.78. The molecule has 31 heavy (non-hydrogen) atoms. The minimum absolute atomic E-state index is 0.139. The van der Waals surface area contributed by atoms with E-state index in [1.807, 2.05) is 60.7 Å². The van der Waals surface area contributed by atoms with Crippen LogP contribution < -0.4 is 16.0 Å². The van der Waals surface area contributed by atoms with E-state index in [-0.39, 0.29) is 13.2 Å². The van der Waals surface area contributed by atoms with Crippen LogP contribution in [0.4, 0.5) is 9.59 Å². The van der Waals surface area contributed by atoms with Gasteiger partial charge in [0.05, 0.1) is 0 Å². The zero-order chi connectivity index (χ0) is 22.3. The van der Waals surface area contributed by atoms with Crippen molar-refractivity contribution in [2.75, 3.05) is 13.6 Å². The van der Waals surface area contributed by atoms with Gasteiger partial charge in [0.25, 0.3) is 0 Å². The molecule has 0 saturated carbocycles. The molecule has 3 N–H and O–H groups in total. The smallest absolute Gasteiger partial charge is 0.407 e. The van der Waals surface area contributed by atoms with E-state index in [4.69, 9.17) is 9.47 Å². The number of nitrogens with one attached hydrogen (secondary N) is 3. The van der Waals surface area contributed by atoms with Crippen LogP contribution in [0.15, 0.2) is 60.7 Å². The summed E-state index contributed by atoms with van der Waals surface area (Å²) in [5, 5.41) is 7.72. The number of esters is 1. The molecule has 0 aliphatic rings. The summed E-state index contributed by atoms with van der Waals surface area (Å²) in [6.07, 6.45) is 1.12. The van der Waals surface area contributed by atoms with Crippen molar-refractivity contribution in [2.24, 2.45) is 0 Å². The Hall–Kier alpha value is -3.55. The topological polar surface area (TPSA) is 106 Å². The molecule has 166 valence electrons. The molecule has 8 heteroatoms. The lowest BCUT2D eigenvalue weighted by molar-refractivity contribution is -0.147. The Morgan fingerprint density at radius 3 is 2.00 bits per heavy atom. The van der Waals surface area contributed by atoms with Gasteiger partial charge in [-0.1, -0.05) is 60.7 Å². The van der Waals surface area contributed by atoms with Crippen molar-refractivity contribution in [3.05, 3.63) is 71.8 Å². The maximum Gasteiger partial charge on any atom is 0.407 e. The van der Waals surface area contributed by atoms with Crippen LogP contribution in [0.5, 0.6) is 0 Å². The van der Waals surface area contributed by atoms with Gasteiger partial charge in [-0.3, -0.25) is 0 Å². The largest absolute Gasteiger partial charge is 0.459 e. The fraction of sp³-hybridized carbons (Fsp3) is 0.348.